The smallest absolute Gasteiger partial charge is 0.303 e. The van der Waals surface area contributed by atoms with E-state index in [0.717, 1.165) is 134 Å². The molecule has 2 aromatic heterocycles. The number of hydrogen-bond donors (Lipinski definition) is 4. The Balaban J connectivity index is 0.000000188. The monoisotopic (exact) mass is 1300 g/mol. The normalized spacial score (nSPS) is 18.6. The van der Waals surface area contributed by atoms with Crippen molar-refractivity contribution in [3.8, 4) is 34.0 Å². The van der Waals surface area contributed by atoms with Crippen LogP contribution < -0.4 is 18.9 Å². The molecule has 4 fully saturated rings. The third-order valence-corrected chi connectivity index (χ3v) is 22.4. The predicted octanol–water partition coefficient (Wildman–Crippen LogP) is 6.64. The zero-order valence-corrected chi connectivity index (χ0v) is 55.4. The standard InChI is InChI=1S/C34H45N5O6S.C34H43N5O6S/c2*1-36(2)46(43,44)35-33(41)24-9-11-29-30(21-24)39-22-26(34(42)38-15-13-37(14-16-38)17-18-40)19-25-20-27(45-3)10-12-28(25)32(39)31(29)23-7-5-4-6-8-23/h9-12,20-21,23,26,40H,4-8,13-19,22H2,1-3H3,(H,35,41);9-12,19-21,23,40H,4-8,13-18,22H2,1-3H3,(H,35,41). The van der Waals surface area contributed by atoms with Crippen LogP contribution in [0, 0.1) is 5.92 Å². The number of aromatic nitrogens is 2. The molecule has 0 radical (unpaired) electrons. The average Bonchev–Trinajstić information content (AvgIpc) is 1.59. The minimum atomic E-state index is -3.98. The predicted molar refractivity (Wildman–Crippen MR) is 355 cm³/mol. The SMILES string of the molecule is COc1ccc2c(c1)C=C(C(=O)N1CCN(CCO)CC1)Cn1c-2c(C2CCCCC2)c2ccc(C(=O)NS(=O)(=O)N(C)C)cc21.COc1ccc2c(c1)CC(C(=O)N1CCN(CCO)CC1)Cn1c-2c(C2CCCCC2)c2ccc(C(=O)NS(=O)(=O)N(C)C)cc21. The van der Waals surface area contributed by atoms with Gasteiger partial charge in [-0.15, -0.1) is 0 Å². The van der Waals surface area contributed by atoms with E-state index in [2.05, 4.69) is 46.6 Å². The summed E-state index contributed by atoms with van der Waals surface area (Å²) < 4.78 is 71.9. The molecule has 22 nitrogen and oxygen atoms in total. The van der Waals surface area contributed by atoms with Gasteiger partial charge in [-0.05, 0) is 133 Å². The van der Waals surface area contributed by atoms with Gasteiger partial charge in [0.1, 0.15) is 11.5 Å². The van der Waals surface area contributed by atoms with Crippen LogP contribution >= 0.6 is 0 Å². The number of nitrogens with one attached hydrogen (secondary N) is 2. The second-order valence-electron chi connectivity index (χ2n) is 25.6. The van der Waals surface area contributed by atoms with Gasteiger partial charge < -0.3 is 38.6 Å². The Hall–Kier alpha value is -7.16. The van der Waals surface area contributed by atoms with Crippen LogP contribution in [0.15, 0.2) is 78.4 Å². The summed E-state index contributed by atoms with van der Waals surface area (Å²) >= 11 is 0. The number of benzene rings is 4. The van der Waals surface area contributed by atoms with Gasteiger partial charge in [0.15, 0.2) is 0 Å². The number of amides is 4. The third kappa shape index (κ3) is 13.8. The Labute approximate surface area is 540 Å². The van der Waals surface area contributed by atoms with Crippen molar-refractivity contribution in [2.45, 2.75) is 95.6 Å². The Morgan fingerprint density at radius 2 is 1.03 bits per heavy atom. The van der Waals surface area contributed by atoms with Crippen LogP contribution in [0.3, 0.4) is 0 Å². The van der Waals surface area contributed by atoms with Crippen LogP contribution in [-0.2, 0) is 49.5 Å². The summed E-state index contributed by atoms with van der Waals surface area (Å²) in [6, 6.07) is 22.9. The van der Waals surface area contributed by atoms with Gasteiger partial charge >= 0.3 is 20.4 Å². The molecule has 1 unspecified atom stereocenters. The number of nitrogens with zero attached hydrogens (tertiary/aromatic N) is 8. The van der Waals surface area contributed by atoms with Gasteiger partial charge in [-0.2, -0.15) is 25.4 Å². The molecule has 0 bridgehead atoms. The molecular formula is C68H88N10O12S2. The van der Waals surface area contributed by atoms with Gasteiger partial charge in [0.25, 0.3) is 17.7 Å². The Bertz CT molecular complexity index is 4000. The lowest BCUT2D eigenvalue weighted by atomic mass is 9.81. The third-order valence-electron chi connectivity index (χ3n) is 19.6. The summed E-state index contributed by atoms with van der Waals surface area (Å²) in [7, 11) is 0.811. The number of aliphatic hydroxyl groups is 2. The van der Waals surface area contributed by atoms with E-state index in [4.69, 9.17) is 9.47 Å². The van der Waals surface area contributed by atoms with Crippen LogP contribution in [0.4, 0.5) is 0 Å². The van der Waals surface area contributed by atoms with Crippen LogP contribution in [0.2, 0.25) is 0 Å². The van der Waals surface area contributed by atoms with Crippen molar-refractivity contribution in [3.05, 3.63) is 112 Å². The number of piperazine rings is 2. The lowest BCUT2D eigenvalue weighted by Crippen LogP contribution is -2.51. The molecule has 0 spiro atoms. The molecule has 2 saturated heterocycles. The van der Waals surface area contributed by atoms with E-state index in [1.807, 2.05) is 46.2 Å². The van der Waals surface area contributed by atoms with Crippen molar-refractivity contribution >= 4 is 71.9 Å². The molecule has 2 aliphatic carbocycles. The average molecular weight is 1300 g/mol. The maximum atomic E-state index is 14.3. The Morgan fingerprint density at radius 1 is 0.565 bits per heavy atom. The molecule has 6 heterocycles. The highest BCUT2D eigenvalue weighted by Gasteiger charge is 2.37. The maximum Gasteiger partial charge on any atom is 0.303 e. The number of ether oxygens (including phenoxy) is 2. The second-order valence-corrected chi connectivity index (χ2v) is 29.4. The number of β-amino-alcohol motifs (C(OH)–C–C–N with tert-alkyl or cyclic N) is 2. The van der Waals surface area contributed by atoms with Crippen LogP contribution in [0.25, 0.3) is 50.4 Å². The van der Waals surface area contributed by atoms with Gasteiger partial charge in [-0.3, -0.25) is 29.0 Å². The highest BCUT2D eigenvalue weighted by atomic mass is 32.2. The summed E-state index contributed by atoms with van der Waals surface area (Å²) in [6.07, 6.45) is 13.8. The fourth-order valence-corrected chi connectivity index (χ4v) is 15.6. The molecule has 6 aliphatic rings. The first-order valence-corrected chi connectivity index (χ1v) is 35.2. The summed E-state index contributed by atoms with van der Waals surface area (Å²) in [4.78, 5) is 63.1. The molecular weight excluding hydrogens is 1210 g/mol. The number of fused-ring (bicyclic) bond motifs is 10. The van der Waals surface area contributed by atoms with Crippen molar-refractivity contribution in [2.75, 3.05) is 121 Å². The highest BCUT2D eigenvalue weighted by molar-refractivity contribution is 7.88. The topological polar surface area (TPSA) is 249 Å². The fourth-order valence-electron chi connectivity index (χ4n) is 14.6. The van der Waals surface area contributed by atoms with Gasteiger partial charge in [0.05, 0.1) is 51.3 Å². The zero-order valence-electron chi connectivity index (χ0n) is 53.8. The van der Waals surface area contributed by atoms with Crippen molar-refractivity contribution < 1.29 is 55.7 Å². The molecule has 6 aromatic rings. The first-order valence-electron chi connectivity index (χ1n) is 32.3. The van der Waals surface area contributed by atoms with E-state index in [9.17, 15) is 46.2 Å². The van der Waals surface area contributed by atoms with Crippen molar-refractivity contribution in [1.29, 1.82) is 0 Å². The summed E-state index contributed by atoms with van der Waals surface area (Å²) in [5, 5.41) is 20.8. The van der Waals surface area contributed by atoms with Gasteiger partial charge in [-0.25, -0.2) is 9.44 Å². The Morgan fingerprint density at radius 3 is 1.52 bits per heavy atom. The number of carbonyl (C=O) groups excluding carboxylic acids is 4. The molecule has 4 aromatic carbocycles. The summed E-state index contributed by atoms with van der Waals surface area (Å²) in [6.45, 7) is 7.31. The van der Waals surface area contributed by atoms with E-state index in [1.165, 1.54) is 52.2 Å². The largest absolute Gasteiger partial charge is 0.497 e. The Kier molecular flexibility index (Phi) is 20.3. The van der Waals surface area contributed by atoms with E-state index in [1.54, 1.807) is 38.5 Å². The van der Waals surface area contributed by atoms with E-state index in [0.29, 0.717) is 95.0 Å². The maximum absolute atomic E-state index is 14.3. The number of carbonyl (C=O) groups is 4. The summed E-state index contributed by atoms with van der Waals surface area (Å²) in [5.41, 5.74) is 11.3. The lowest BCUT2D eigenvalue weighted by molar-refractivity contribution is -0.137. The van der Waals surface area contributed by atoms with E-state index in [-0.39, 0.29) is 42.1 Å². The van der Waals surface area contributed by atoms with Gasteiger partial charge in [0.2, 0.25) is 5.91 Å². The molecule has 24 heteroatoms. The van der Waals surface area contributed by atoms with Crippen molar-refractivity contribution in [3.63, 3.8) is 0 Å². The van der Waals surface area contributed by atoms with E-state index < -0.39 is 32.2 Å². The number of rotatable bonds is 16. The fraction of sp³-hybridized carbons (Fsp3) is 0.500. The molecule has 4 aliphatic heterocycles. The van der Waals surface area contributed by atoms with Crippen LogP contribution in [0.5, 0.6) is 11.5 Å². The molecule has 494 valence electrons. The van der Waals surface area contributed by atoms with E-state index >= 15 is 0 Å². The molecule has 12 rings (SSSR count). The molecule has 4 N–H and O–H groups in total. The number of aliphatic hydroxyl groups excluding tert-OH is 2. The van der Waals surface area contributed by atoms with Crippen LogP contribution in [-0.4, -0.2) is 209 Å². The second kappa shape index (κ2) is 28.2. The van der Waals surface area contributed by atoms with Gasteiger partial charge in [-0.1, -0.05) is 50.7 Å². The quantitative estimate of drug-likeness (QED) is 0.0793. The molecule has 4 amide bonds. The highest BCUT2D eigenvalue weighted by Crippen LogP contribution is 2.49. The van der Waals surface area contributed by atoms with Crippen molar-refractivity contribution in [2.24, 2.45) is 5.92 Å². The van der Waals surface area contributed by atoms with Crippen molar-refractivity contribution in [1.82, 2.24) is 46.8 Å². The summed E-state index contributed by atoms with van der Waals surface area (Å²) in [5.74, 6) is 0.384. The first-order chi connectivity index (χ1) is 44.2. The van der Waals surface area contributed by atoms with Gasteiger partial charge in [0, 0.05) is 150 Å². The number of methoxy groups -OCH3 is 2. The first kappa shape index (κ1) is 66.3. The van der Waals surface area contributed by atoms with Crippen LogP contribution in [0.1, 0.15) is 119 Å². The minimum absolute atomic E-state index is 0.0442. The molecule has 1 atom stereocenters. The zero-order chi connectivity index (χ0) is 65.2. The minimum Gasteiger partial charge on any atom is -0.497 e. The number of hydrogen-bond acceptors (Lipinski definition) is 14. The molecule has 92 heavy (non-hydrogen) atoms. The molecule has 2 saturated carbocycles. The lowest BCUT2D eigenvalue weighted by Gasteiger charge is -2.36.